The first kappa shape index (κ1) is 14.6. The molecule has 1 aromatic heterocycles. The van der Waals surface area contributed by atoms with Gasteiger partial charge in [-0.3, -0.25) is 4.79 Å². The SMILES string of the molecule is CC(C)c1nn(-c2cc(F)c(F)cc2F)c(Cl)c1C=O. The highest BCUT2D eigenvalue weighted by Crippen LogP contribution is 2.28. The summed E-state index contributed by atoms with van der Waals surface area (Å²) < 4.78 is 40.8. The van der Waals surface area contributed by atoms with Crippen molar-refractivity contribution in [1.82, 2.24) is 9.78 Å². The highest BCUT2D eigenvalue weighted by atomic mass is 35.5. The molecule has 0 radical (unpaired) electrons. The molecule has 0 amide bonds. The highest BCUT2D eigenvalue weighted by Gasteiger charge is 2.22. The van der Waals surface area contributed by atoms with Crippen LogP contribution in [0.2, 0.25) is 5.15 Å². The lowest BCUT2D eigenvalue weighted by Gasteiger charge is -2.05. The predicted octanol–water partition coefficient (Wildman–Crippen LogP) is 3.88. The summed E-state index contributed by atoms with van der Waals surface area (Å²) in [7, 11) is 0. The molecule has 0 aliphatic rings. The zero-order valence-electron chi connectivity index (χ0n) is 10.6. The quantitative estimate of drug-likeness (QED) is 0.637. The van der Waals surface area contributed by atoms with Gasteiger partial charge in [0.15, 0.2) is 23.7 Å². The molecule has 0 aliphatic carbocycles. The van der Waals surface area contributed by atoms with Gasteiger partial charge in [0.05, 0.1) is 11.3 Å². The Labute approximate surface area is 118 Å². The lowest BCUT2D eigenvalue weighted by molar-refractivity contribution is 0.112. The highest BCUT2D eigenvalue weighted by molar-refractivity contribution is 6.32. The number of benzene rings is 1. The van der Waals surface area contributed by atoms with E-state index in [1.54, 1.807) is 13.8 Å². The Morgan fingerprint density at radius 2 is 1.80 bits per heavy atom. The summed E-state index contributed by atoms with van der Waals surface area (Å²) in [5.41, 5.74) is 0.101. The molecule has 0 saturated heterocycles. The van der Waals surface area contributed by atoms with Crippen LogP contribution in [-0.2, 0) is 0 Å². The van der Waals surface area contributed by atoms with Crippen molar-refractivity contribution in [1.29, 1.82) is 0 Å². The Morgan fingerprint density at radius 1 is 1.20 bits per heavy atom. The van der Waals surface area contributed by atoms with Gasteiger partial charge in [-0.2, -0.15) is 5.10 Å². The van der Waals surface area contributed by atoms with Gasteiger partial charge in [0.2, 0.25) is 0 Å². The molecule has 2 rings (SSSR count). The number of aromatic nitrogens is 2. The van der Waals surface area contributed by atoms with E-state index in [0.29, 0.717) is 24.1 Å². The fourth-order valence-corrected chi connectivity index (χ4v) is 2.06. The van der Waals surface area contributed by atoms with Crippen LogP contribution < -0.4 is 0 Å². The topological polar surface area (TPSA) is 34.9 Å². The summed E-state index contributed by atoms with van der Waals surface area (Å²) in [5.74, 6) is -3.70. The van der Waals surface area contributed by atoms with E-state index in [4.69, 9.17) is 11.6 Å². The van der Waals surface area contributed by atoms with Gasteiger partial charge < -0.3 is 0 Å². The van der Waals surface area contributed by atoms with Crippen LogP contribution in [0.3, 0.4) is 0 Å². The molecule has 0 unspecified atom stereocenters. The van der Waals surface area contributed by atoms with E-state index in [0.717, 1.165) is 4.68 Å². The molecule has 0 aliphatic heterocycles. The fraction of sp³-hybridized carbons (Fsp3) is 0.231. The van der Waals surface area contributed by atoms with Crippen LogP contribution in [0, 0.1) is 17.5 Å². The van der Waals surface area contributed by atoms with Crippen LogP contribution in [0.25, 0.3) is 5.69 Å². The molecule has 0 N–H and O–H groups in total. The number of nitrogens with zero attached hydrogens (tertiary/aromatic N) is 2. The lowest BCUT2D eigenvalue weighted by atomic mass is 10.1. The molecule has 2 aromatic rings. The number of carbonyl (C=O) groups is 1. The molecule has 1 aromatic carbocycles. The van der Waals surface area contributed by atoms with E-state index in [1.165, 1.54) is 0 Å². The van der Waals surface area contributed by atoms with Gasteiger partial charge >= 0.3 is 0 Å². The van der Waals surface area contributed by atoms with Crippen LogP contribution in [0.4, 0.5) is 13.2 Å². The standard InChI is InChI=1S/C13H10ClF3N2O/c1-6(2)12-7(5-20)13(14)19(18-12)11-4-9(16)8(15)3-10(11)17/h3-6H,1-2H3. The van der Waals surface area contributed by atoms with Crippen LogP contribution in [0.1, 0.15) is 35.8 Å². The molecular formula is C13H10ClF3N2O. The van der Waals surface area contributed by atoms with Crippen molar-refractivity contribution in [2.75, 3.05) is 0 Å². The number of aldehydes is 1. The number of hydrogen-bond donors (Lipinski definition) is 0. The van der Waals surface area contributed by atoms with Gasteiger partial charge in [-0.1, -0.05) is 25.4 Å². The first-order valence-electron chi connectivity index (χ1n) is 5.75. The summed E-state index contributed by atoms with van der Waals surface area (Å²) in [5, 5.41) is 3.86. The van der Waals surface area contributed by atoms with Crippen LogP contribution in [0.5, 0.6) is 0 Å². The molecule has 7 heteroatoms. The van der Waals surface area contributed by atoms with Crippen molar-refractivity contribution in [3.8, 4) is 5.69 Å². The van der Waals surface area contributed by atoms with E-state index >= 15 is 0 Å². The molecule has 106 valence electrons. The molecule has 0 fully saturated rings. The second kappa shape index (κ2) is 5.28. The zero-order valence-corrected chi connectivity index (χ0v) is 11.4. The Balaban J connectivity index is 2.71. The fourth-order valence-electron chi connectivity index (χ4n) is 1.79. The molecule has 1 heterocycles. The monoisotopic (exact) mass is 302 g/mol. The van der Waals surface area contributed by atoms with Crippen LogP contribution >= 0.6 is 11.6 Å². The number of rotatable bonds is 3. The third-order valence-corrected chi connectivity index (χ3v) is 3.14. The van der Waals surface area contributed by atoms with E-state index in [2.05, 4.69) is 5.10 Å². The van der Waals surface area contributed by atoms with Gasteiger partial charge in [0.1, 0.15) is 10.8 Å². The summed E-state index contributed by atoms with van der Waals surface area (Å²) in [6.07, 6.45) is 0.499. The van der Waals surface area contributed by atoms with Gasteiger partial charge in [0, 0.05) is 12.1 Å². The Morgan fingerprint density at radius 3 is 2.30 bits per heavy atom. The van der Waals surface area contributed by atoms with Gasteiger partial charge in [0.25, 0.3) is 0 Å². The maximum absolute atomic E-state index is 13.7. The Bertz CT molecular complexity index is 683. The summed E-state index contributed by atoms with van der Waals surface area (Å²) in [6, 6.07) is 1.04. The maximum Gasteiger partial charge on any atom is 0.161 e. The zero-order chi connectivity index (χ0) is 15.0. The van der Waals surface area contributed by atoms with Crippen LogP contribution in [0.15, 0.2) is 12.1 Å². The minimum Gasteiger partial charge on any atom is -0.298 e. The molecule has 20 heavy (non-hydrogen) atoms. The minimum atomic E-state index is -1.31. The second-order valence-corrected chi connectivity index (χ2v) is 4.85. The average Bonchev–Trinajstić information content (AvgIpc) is 2.71. The van der Waals surface area contributed by atoms with E-state index in [-0.39, 0.29) is 22.3 Å². The van der Waals surface area contributed by atoms with Crippen molar-refractivity contribution < 1.29 is 18.0 Å². The molecule has 0 atom stereocenters. The first-order chi connectivity index (χ1) is 9.36. The third-order valence-electron chi connectivity index (χ3n) is 2.77. The van der Waals surface area contributed by atoms with Gasteiger partial charge in [-0.05, 0) is 5.92 Å². The number of halogens is 4. The van der Waals surface area contributed by atoms with Gasteiger partial charge in [-0.25, -0.2) is 17.9 Å². The number of hydrogen-bond acceptors (Lipinski definition) is 2. The Hall–Kier alpha value is -1.82. The predicted molar refractivity (Wildman–Crippen MR) is 67.9 cm³/mol. The number of carbonyl (C=O) groups excluding carboxylic acids is 1. The largest absolute Gasteiger partial charge is 0.298 e. The summed E-state index contributed by atoms with van der Waals surface area (Å²) in [6.45, 7) is 3.55. The summed E-state index contributed by atoms with van der Waals surface area (Å²) >= 11 is 5.96. The lowest BCUT2D eigenvalue weighted by Crippen LogP contribution is -2.03. The Kier molecular flexibility index (Phi) is 3.85. The smallest absolute Gasteiger partial charge is 0.161 e. The first-order valence-corrected chi connectivity index (χ1v) is 6.13. The van der Waals surface area contributed by atoms with E-state index in [1.807, 2.05) is 0 Å². The molecular weight excluding hydrogens is 293 g/mol. The molecule has 3 nitrogen and oxygen atoms in total. The van der Waals surface area contributed by atoms with E-state index in [9.17, 15) is 18.0 Å². The van der Waals surface area contributed by atoms with Gasteiger partial charge in [-0.15, -0.1) is 0 Å². The van der Waals surface area contributed by atoms with Crippen molar-refractivity contribution in [2.24, 2.45) is 0 Å². The van der Waals surface area contributed by atoms with Crippen molar-refractivity contribution in [3.63, 3.8) is 0 Å². The maximum atomic E-state index is 13.7. The molecule has 0 saturated carbocycles. The average molecular weight is 303 g/mol. The normalized spacial score (nSPS) is 11.2. The third kappa shape index (κ3) is 2.31. The minimum absolute atomic E-state index is 0.103. The van der Waals surface area contributed by atoms with Crippen molar-refractivity contribution in [3.05, 3.63) is 46.0 Å². The summed E-state index contributed by atoms with van der Waals surface area (Å²) in [4.78, 5) is 11.0. The molecule has 0 bridgehead atoms. The van der Waals surface area contributed by atoms with Crippen LogP contribution in [-0.4, -0.2) is 16.1 Å². The molecule has 0 spiro atoms. The van der Waals surface area contributed by atoms with E-state index < -0.39 is 17.5 Å². The van der Waals surface area contributed by atoms with Crippen molar-refractivity contribution in [2.45, 2.75) is 19.8 Å². The van der Waals surface area contributed by atoms with Crippen molar-refractivity contribution >= 4 is 17.9 Å². The second-order valence-electron chi connectivity index (χ2n) is 4.49.